The third-order valence-corrected chi connectivity index (χ3v) is 4.61. The van der Waals surface area contributed by atoms with E-state index in [0.29, 0.717) is 6.10 Å². The molecule has 106 valence electrons. The van der Waals surface area contributed by atoms with Gasteiger partial charge in [-0.2, -0.15) is 0 Å². The van der Waals surface area contributed by atoms with Crippen LogP contribution in [0.3, 0.4) is 0 Å². The Morgan fingerprint density at radius 1 is 1.11 bits per heavy atom. The number of unbranched alkanes of at least 4 members (excludes halogenated alkanes) is 3. The molecule has 0 radical (unpaired) electrons. The van der Waals surface area contributed by atoms with Gasteiger partial charge in [-0.1, -0.05) is 60.7 Å². The molecule has 19 heavy (non-hydrogen) atoms. The Morgan fingerprint density at radius 2 is 1.89 bits per heavy atom. The first-order chi connectivity index (χ1) is 9.29. The second-order valence-electron chi connectivity index (χ2n) is 5.67. The Hall–Kier alpha value is -0.340. The molecule has 0 aromatic heterocycles. The van der Waals surface area contributed by atoms with Crippen molar-refractivity contribution in [2.75, 3.05) is 6.61 Å². The van der Waals surface area contributed by atoms with Crippen LogP contribution in [0.25, 0.3) is 0 Å². The zero-order valence-corrected chi connectivity index (χ0v) is 13.5. The Morgan fingerprint density at radius 3 is 2.53 bits per heavy atom. The molecule has 0 bridgehead atoms. The van der Waals surface area contributed by atoms with E-state index in [4.69, 9.17) is 4.74 Å². The van der Waals surface area contributed by atoms with Crippen molar-refractivity contribution < 1.29 is 4.74 Å². The molecule has 2 unspecified atom stereocenters. The first-order valence-corrected chi connectivity index (χ1v) is 8.46. The van der Waals surface area contributed by atoms with E-state index in [-0.39, 0.29) is 0 Å². The summed E-state index contributed by atoms with van der Waals surface area (Å²) in [7, 11) is 0. The van der Waals surface area contributed by atoms with Gasteiger partial charge < -0.3 is 4.74 Å². The molecule has 2 rings (SSSR count). The van der Waals surface area contributed by atoms with E-state index >= 15 is 0 Å². The molecule has 1 heterocycles. The molecule has 1 aliphatic rings. The summed E-state index contributed by atoms with van der Waals surface area (Å²) in [5, 5.41) is 0. The van der Waals surface area contributed by atoms with Gasteiger partial charge in [-0.25, -0.2) is 0 Å². The summed E-state index contributed by atoms with van der Waals surface area (Å²) < 4.78 is 7.20. The highest BCUT2D eigenvalue weighted by atomic mass is 79.9. The second kappa shape index (κ2) is 8.06. The lowest BCUT2D eigenvalue weighted by Crippen LogP contribution is -2.20. The highest BCUT2D eigenvalue weighted by molar-refractivity contribution is 9.10. The lowest BCUT2D eigenvalue weighted by molar-refractivity contribution is -0.0199. The van der Waals surface area contributed by atoms with Gasteiger partial charge in [-0.15, -0.1) is 0 Å². The maximum Gasteiger partial charge on any atom is 0.0825 e. The minimum Gasteiger partial charge on any atom is -0.373 e. The Bertz CT molecular complexity index is 352. The molecule has 0 aliphatic carbocycles. The van der Waals surface area contributed by atoms with Gasteiger partial charge in [0.2, 0.25) is 0 Å². The van der Waals surface area contributed by atoms with Crippen molar-refractivity contribution in [2.24, 2.45) is 5.92 Å². The predicted octanol–water partition coefficient (Wildman–Crippen LogP) is 5.89. The molecule has 0 N–H and O–H groups in total. The van der Waals surface area contributed by atoms with Crippen LogP contribution in [0.2, 0.25) is 0 Å². The first-order valence-electron chi connectivity index (χ1n) is 7.66. The molecule has 1 aromatic carbocycles. The van der Waals surface area contributed by atoms with Gasteiger partial charge in [0.15, 0.2) is 0 Å². The molecule has 1 aromatic rings. The quantitative estimate of drug-likeness (QED) is 0.593. The molecule has 0 amide bonds. The van der Waals surface area contributed by atoms with Crippen molar-refractivity contribution in [3.63, 3.8) is 0 Å². The fraction of sp³-hybridized carbons (Fsp3) is 0.647. The lowest BCUT2D eigenvalue weighted by Gasteiger charge is -2.29. The largest absolute Gasteiger partial charge is 0.373 e. The molecule has 0 spiro atoms. The zero-order chi connectivity index (χ0) is 13.5. The van der Waals surface area contributed by atoms with Crippen LogP contribution in [0.4, 0.5) is 0 Å². The predicted molar refractivity (Wildman–Crippen MR) is 84.3 cm³/mol. The smallest absolute Gasteiger partial charge is 0.0825 e. The van der Waals surface area contributed by atoms with Crippen LogP contribution in [0.15, 0.2) is 28.7 Å². The van der Waals surface area contributed by atoms with Crippen molar-refractivity contribution in [1.82, 2.24) is 0 Å². The highest BCUT2D eigenvalue weighted by Gasteiger charge is 2.22. The van der Waals surface area contributed by atoms with E-state index < -0.39 is 0 Å². The third kappa shape index (κ3) is 4.92. The van der Waals surface area contributed by atoms with Gasteiger partial charge in [0.25, 0.3) is 0 Å². The van der Waals surface area contributed by atoms with Crippen LogP contribution >= 0.6 is 15.9 Å². The number of hydrogen-bond acceptors (Lipinski definition) is 1. The number of halogens is 1. The van der Waals surface area contributed by atoms with Crippen molar-refractivity contribution in [3.8, 4) is 0 Å². The van der Waals surface area contributed by atoms with E-state index in [1.807, 2.05) is 0 Å². The summed E-state index contributed by atoms with van der Waals surface area (Å²) >= 11 is 3.48. The normalized spacial score (nSPS) is 23.5. The number of ether oxygens (including phenoxy) is 1. The molecular formula is C17H25BrO. The molecule has 1 nitrogen and oxygen atoms in total. The SMILES string of the molecule is CCCCCCC1CCC(c2ccc(Br)cc2)OC1. The summed E-state index contributed by atoms with van der Waals surface area (Å²) in [5.74, 6) is 0.795. The molecule has 1 fully saturated rings. The van der Waals surface area contributed by atoms with Crippen molar-refractivity contribution in [2.45, 2.75) is 58.0 Å². The maximum atomic E-state index is 6.06. The summed E-state index contributed by atoms with van der Waals surface area (Å²) in [6, 6.07) is 8.57. The van der Waals surface area contributed by atoms with Gasteiger partial charge in [-0.05, 0) is 42.9 Å². The Balaban J connectivity index is 1.71. The third-order valence-electron chi connectivity index (χ3n) is 4.08. The minimum atomic E-state index is 0.319. The van der Waals surface area contributed by atoms with Gasteiger partial charge >= 0.3 is 0 Å². The second-order valence-corrected chi connectivity index (χ2v) is 6.58. The molecule has 2 heteroatoms. The topological polar surface area (TPSA) is 9.23 Å². The van der Waals surface area contributed by atoms with Crippen LogP contribution in [-0.4, -0.2) is 6.61 Å². The van der Waals surface area contributed by atoms with Gasteiger partial charge in [0, 0.05) is 4.47 Å². The van der Waals surface area contributed by atoms with Crippen molar-refractivity contribution >= 4 is 15.9 Å². The average Bonchev–Trinajstić information content (AvgIpc) is 2.45. The number of rotatable bonds is 6. The first kappa shape index (κ1) is 15.1. The van der Waals surface area contributed by atoms with Crippen LogP contribution in [-0.2, 0) is 4.74 Å². The zero-order valence-electron chi connectivity index (χ0n) is 11.9. The van der Waals surface area contributed by atoms with E-state index in [0.717, 1.165) is 17.0 Å². The lowest BCUT2D eigenvalue weighted by atomic mass is 9.91. The van der Waals surface area contributed by atoms with Crippen molar-refractivity contribution in [3.05, 3.63) is 34.3 Å². The molecular weight excluding hydrogens is 300 g/mol. The van der Waals surface area contributed by atoms with Crippen LogP contribution in [0.1, 0.15) is 63.5 Å². The van der Waals surface area contributed by atoms with E-state index in [1.165, 1.54) is 50.5 Å². The van der Waals surface area contributed by atoms with E-state index in [9.17, 15) is 0 Å². The van der Waals surface area contributed by atoms with Gasteiger partial charge in [-0.3, -0.25) is 0 Å². The van der Waals surface area contributed by atoms with Gasteiger partial charge in [0.1, 0.15) is 0 Å². The van der Waals surface area contributed by atoms with E-state index in [2.05, 4.69) is 47.1 Å². The van der Waals surface area contributed by atoms with Crippen LogP contribution < -0.4 is 0 Å². The Labute approximate surface area is 125 Å². The van der Waals surface area contributed by atoms with E-state index in [1.54, 1.807) is 0 Å². The monoisotopic (exact) mass is 324 g/mol. The number of benzene rings is 1. The molecule has 1 saturated heterocycles. The number of hydrogen-bond donors (Lipinski definition) is 0. The summed E-state index contributed by atoms with van der Waals surface area (Å²) in [5.41, 5.74) is 1.33. The average molecular weight is 325 g/mol. The summed E-state index contributed by atoms with van der Waals surface area (Å²) in [6.07, 6.45) is 9.66. The van der Waals surface area contributed by atoms with Crippen LogP contribution in [0, 0.1) is 5.92 Å². The fourth-order valence-electron chi connectivity index (χ4n) is 2.83. The standard InChI is InChI=1S/C17H25BrO/c1-2-3-4-5-6-14-7-12-17(19-13-14)15-8-10-16(18)11-9-15/h8-11,14,17H,2-7,12-13H2,1H3. The molecule has 2 atom stereocenters. The maximum absolute atomic E-state index is 6.06. The summed E-state index contributed by atoms with van der Waals surface area (Å²) in [4.78, 5) is 0. The Kier molecular flexibility index (Phi) is 6.39. The highest BCUT2D eigenvalue weighted by Crippen LogP contribution is 2.33. The molecule has 0 saturated carbocycles. The van der Waals surface area contributed by atoms with Crippen LogP contribution in [0.5, 0.6) is 0 Å². The van der Waals surface area contributed by atoms with Crippen molar-refractivity contribution in [1.29, 1.82) is 0 Å². The minimum absolute atomic E-state index is 0.319. The molecule has 1 aliphatic heterocycles. The summed E-state index contributed by atoms with van der Waals surface area (Å²) in [6.45, 7) is 3.22. The fourth-order valence-corrected chi connectivity index (χ4v) is 3.10. The van der Waals surface area contributed by atoms with Gasteiger partial charge in [0.05, 0.1) is 12.7 Å².